The fraction of sp³-hybridized carbons (Fsp3) is 0.565. The zero-order valence-electron chi connectivity index (χ0n) is 23.0. The Labute approximate surface area is 250 Å². The van der Waals surface area contributed by atoms with Crippen molar-refractivity contribution in [2.24, 2.45) is 5.92 Å². The first-order chi connectivity index (χ1) is 19.5. The lowest BCUT2D eigenvalue weighted by Gasteiger charge is -2.42. The van der Waals surface area contributed by atoms with Gasteiger partial charge in [-0.15, -0.1) is 12.6 Å². The molecule has 1 aliphatic rings. The van der Waals surface area contributed by atoms with E-state index in [-0.39, 0.29) is 66.5 Å². The van der Waals surface area contributed by atoms with Gasteiger partial charge in [0.25, 0.3) is 5.60 Å². The highest BCUT2D eigenvalue weighted by atomic mass is 32.2. The Kier molecular flexibility index (Phi) is 9.95. The summed E-state index contributed by atoms with van der Waals surface area (Å²) in [5, 5.41) is 9.67. The molecule has 43 heavy (non-hydrogen) atoms. The summed E-state index contributed by atoms with van der Waals surface area (Å²) in [5.74, 6) is -0.571. The molecule has 1 aromatic heterocycles. The smallest absolute Gasteiger partial charge is 0.399 e. The molecule has 1 fully saturated rings. The summed E-state index contributed by atoms with van der Waals surface area (Å²) in [6.45, 7) is 2.34. The molecule has 3 rings (SSSR count). The molecule has 0 saturated carbocycles. The number of nitrogens with zero attached hydrogens (tertiary/aromatic N) is 5. The van der Waals surface area contributed by atoms with Crippen LogP contribution in [0.1, 0.15) is 19.4 Å². The summed E-state index contributed by atoms with van der Waals surface area (Å²) in [7, 11) is -8.10. The van der Waals surface area contributed by atoms with E-state index in [4.69, 9.17) is 5.73 Å². The van der Waals surface area contributed by atoms with Gasteiger partial charge in [-0.1, -0.05) is 13.8 Å². The number of hydrogen-bond acceptors (Lipinski definition) is 10. The Morgan fingerprint density at radius 3 is 2.12 bits per heavy atom. The third kappa shape index (κ3) is 7.30. The zero-order valence-corrected chi connectivity index (χ0v) is 25.5. The van der Waals surface area contributed by atoms with Gasteiger partial charge in [0.15, 0.2) is 0 Å². The van der Waals surface area contributed by atoms with E-state index in [9.17, 15) is 48.3 Å². The second kappa shape index (κ2) is 12.2. The molecular weight excluding hydrogens is 650 g/mol. The second-order valence-corrected chi connectivity index (χ2v) is 14.8. The Morgan fingerprint density at radius 2 is 1.63 bits per heavy atom. The van der Waals surface area contributed by atoms with Gasteiger partial charge in [0.2, 0.25) is 26.0 Å². The van der Waals surface area contributed by atoms with Crippen molar-refractivity contribution in [3.8, 4) is 0 Å². The molecule has 0 spiro atoms. The van der Waals surface area contributed by atoms with Crippen LogP contribution in [-0.4, -0.2) is 97.9 Å². The summed E-state index contributed by atoms with van der Waals surface area (Å²) < 4.78 is 134. The predicted molar refractivity (Wildman–Crippen MR) is 147 cm³/mol. The monoisotopic (exact) mass is 680 g/mol. The Morgan fingerprint density at radius 1 is 1.07 bits per heavy atom. The van der Waals surface area contributed by atoms with Gasteiger partial charge >= 0.3 is 12.4 Å². The standard InChI is InChI=1S/C23H30F6N6O5S3/c1-14(2)11-34(42(3,37)38)13-17-12-33(43(39,40)19-8-16(30)4-5-18(19)41)6-7-35(17)20-31-9-15(10-32-20)21(36,22(24,25)26)23(27,28)29/h4-5,8-10,14,17,36,41H,6-7,11-13,30H2,1-3H3/t17-/m1/s1. The van der Waals surface area contributed by atoms with Crippen molar-refractivity contribution >= 4 is 44.3 Å². The first-order valence-electron chi connectivity index (χ1n) is 12.5. The lowest BCUT2D eigenvalue weighted by Crippen LogP contribution is -2.59. The maximum Gasteiger partial charge on any atom is 0.430 e. The summed E-state index contributed by atoms with van der Waals surface area (Å²) in [6, 6.07) is 2.98. The number of sulfonamides is 2. The summed E-state index contributed by atoms with van der Waals surface area (Å²) >= 11 is 4.20. The fourth-order valence-corrected chi connectivity index (χ4v) is 7.56. The highest BCUT2D eigenvalue weighted by molar-refractivity contribution is 7.90. The number of rotatable bonds is 9. The van der Waals surface area contributed by atoms with Crippen LogP contribution in [0.15, 0.2) is 40.4 Å². The molecular formula is C23H30F6N6O5S3. The number of alkyl halides is 6. The van der Waals surface area contributed by atoms with Crippen molar-refractivity contribution in [1.29, 1.82) is 0 Å². The van der Waals surface area contributed by atoms with E-state index in [2.05, 4.69) is 22.6 Å². The molecule has 2 heterocycles. The molecule has 0 amide bonds. The van der Waals surface area contributed by atoms with Crippen LogP contribution in [0.25, 0.3) is 0 Å². The van der Waals surface area contributed by atoms with Crippen LogP contribution in [0.5, 0.6) is 0 Å². The van der Waals surface area contributed by atoms with Crippen LogP contribution in [0.3, 0.4) is 0 Å². The molecule has 1 atom stereocenters. The van der Waals surface area contributed by atoms with E-state index in [0.29, 0.717) is 0 Å². The molecule has 2 aromatic rings. The Hall–Kier alpha value is -2.39. The Balaban J connectivity index is 2.06. The summed E-state index contributed by atoms with van der Waals surface area (Å²) in [6.07, 6.45) is -11.0. The van der Waals surface area contributed by atoms with Crippen molar-refractivity contribution in [2.45, 2.75) is 47.6 Å². The first kappa shape index (κ1) is 35.1. The van der Waals surface area contributed by atoms with Crippen LogP contribution in [-0.2, 0) is 25.6 Å². The third-order valence-electron chi connectivity index (χ3n) is 6.63. The number of anilines is 2. The maximum absolute atomic E-state index is 13.6. The van der Waals surface area contributed by atoms with Gasteiger partial charge in [0, 0.05) is 61.3 Å². The largest absolute Gasteiger partial charge is 0.430 e. The topological polar surface area (TPSA) is 150 Å². The third-order valence-corrected chi connectivity index (χ3v) is 10.3. The number of benzene rings is 1. The molecule has 3 N–H and O–H groups in total. The molecule has 0 bridgehead atoms. The zero-order chi connectivity index (χ0) is 32.8. The number of nitrogen functional groups attached to an aromatic ring is 1. The van der Waals surface area contributed by atoms with E-state index < -0.39 is 55.6 Å². The molecule has 1 aromatic carbocycles. The minimum absolute atomic E-state index is 0.0237. The minimum Gasteiger partial charge on any atom is -0.399 e. The average Bonchev–Trinajstić information content (AvgIpc) is 2.87. The molecule has 242 valence electrons. The van der Waals surface area contributed by atoms with Crippen molar-refractivity contribution in [1.82, 2.24) is 18.6 Å². The summed E-state index contributed by atoms with van der Waals surface area (Å²) in [5.41, 5.74) is -1.04. The van der Waals surface area contributed by atoms with E-state index in [0.717, 1.165) is 14.9 Å². The normalized spacial score (nSPS) is 18.1. The summed E-state index contributed by atoms with van der Waals surface area (Å²) in [4.78, 5) is 8.43. The molecule has 1 aliphatic heterocycles. The second-order valence-electron chi connectivity index (χ2n) is 10.4. The number of nitrogens with two attached hydrogens (primary N) is 1. The van der Waals surface area contributed by atoms with E-state index in [1.54, 1.807) is 13.8 Å². The van der Waals surface area contributed by atoms with Crippen LogP contribution in [0.2, 0.25) is 0 Å². The van der Waals surface area contributed by atoms with Crippen LogP contribution in [0, 0.1) is 5.92 Å². The fourth-order valence-electron chi connectivity index (χ4n) is 4.47. The van der Waals surface area contributed by atoms with Crippen molar-refractivity contribution in [3.63, 3.8) is 0 Å². The highest BCUT2D eigenvalue weighted by Crippen LogP contribution is 2.49. The van der Waals surface area contributed by atoms with Gasteiger partial charge in [-0.2, -0.15) is 35.0 Å². The lowest BCUT2D eigenvalue weighted by molar-refractivity contribution is -0.376. The molecule has 0 radical (unpaired) electrons. The van der Waals surface area contributed by atoms with Crippen molar-refractivity contribution in [3.05, 3.63) is 36.2 Å². The SMILES string of the molecule is CC(C)CN(C[C@H]1CN(S(=O)(=O)c2cc(N)ccc2S)CCN1c1ncc(C(O)(C(F)(F)F)C(F)(F)F)cn1)S(C)(=O)=O. The van der Waals surface area contributed by atoms with Crippen LogP contribution < -0.4 is 10.6 Å². The quantitative estimate of drug-likeness (QED) is 0.206. The van der Waals surface area contributed by atoms with Crippen molar-refractivity contribution in [2.75, 3.05) is 49.6 Å². The van der Waals surface area contributed by atoms with Crippen molar-refractivity contribution < 1.29 is 48.3 Å². The number of aromatic nitrogens is 2. The van der Waals surface area contributed by atoms with E-state index in [1.165, 1.54) is 23.1 Å². The number of piperazine rings is 1. The predicted octanol–water partition coefficient (Wildman–Crippen LogP) is 2.46. The molecule has 0 aliphatic carbocycles. The average molecular weight is 681 g/mol. The van der Waals surface area contributed by atoms with Gasteiger partial charge < -0.3 is 15.7 Å². The van der Waals surface area contributed by atoms with E-state index >= 15 is 0 Å². The Bertz CT molecular complexity index is 1510. The van der Waals surface area contributed by atoms with Gasteiger partial charge in [0.1, 0.15) is 0 Å². The number of aliphatic hydroxyl groups is 1. The van der Waals surface area contributed by atoms with Gasteiger partial charge in [-0.3, -0.25) is 0 Å². The van der Waals surface area contributed by atoms with Crippen LogP contribution >= 0.6 is 12.6 Å². The molecule has 1 saturated heterocycles. The molecule has 11 nitrogen and oxygen atoms in total. The first-order valence-corrected chi connectivity index (χ1v) is 16.2. The van der Waals surface area contributed by atoms with Crippen LogP contribution in [0.4, 0.5) is 38.0 Å². The van der Waals surface area contributed by atoms with Gasteiger partial charge in [-0.25, -0.2) is 26.8 Å². The van der Waals surface area contributed by atoms with Gasteiger partial charge in [-0.05, 0) is 24.1 Å². The number of hydrogen-bond donors (Lipinski definition) is 3. The highest BCUT2D eigenvalue weighted by Gasteiger charge is 2.71. The van der Waals surface area contributed by atoms with Gasteiger partial charge in [0.05, 0.1) is 17.2 Å². The van der Waals surface area contributed by atoms with E-state index in [1.807, 2.05) is 0 Å². The lowest BCUT2D eigenvalue weighted by atomic mass is 9.95. The molecule has 20 heteroatoms. The number of thiol groups is 1. The molecule has 0 unspecified atom stereocenters. The number of halogens is 6. The minimum atomic E-state index is -6.15. The maximum atomic E-state index is 13.6.